The molecule has 2 aromatic heterocycles. The number of aromatic nitrogens is 4. The first-order valence-electron chi connectivity index (χ1n) is 9.36. The van der Waals surface area contributed by atoms with Gasteiger partial charge in [-0.2, -0.15) is 10.2 Å². The zero-order valence-corrected chi connectivity index (χ0v) is 16.9. The third kappa shape index (κ3) is 5.30. The molecule has 146 valence electrons. The molecule has 0 saturated carbocycles. The molecule has 7 heteroatoms. The Kier molecular flexibility index (Phi) is 5.67. The van der Waals surface area contributed by atoms with Crippen LogP contribution in [-0.2, 0) is 13.1 Å². The van der Waals surface area contributed by atoms with Gasteiger partial charge < -0.3 is 10.6 Å². The average molecular weight is 403 g/mol. The van der Waals surface area contributed by atoms with Gasteiger partial charge >= 0.3 is 0 Å². The van der Waals surface area contributed by atoms with Crippen molar-refractivity contribution in [3.63, 3.8) is 0 Å². The topological polar surface area (TPSA) is 59.7 Å². The minimum atomic E-state index is 0.499. The van der Waals surface area contributed by atoms with Crippen LogP contribution in [0.2, 0.25) is 0 Å². The third-order valence-corrected chi connectivity index (χ3v) is 4.60. The third-order valence-electron chi connectivity index (χ3n) is 4.40. The molecule has 6 nitrogen and oxygen atoms in total. The Balaban J connectivity index is 1.31. The number of aryl methyl sites for hydroxylation is 1. The lowest BCUT2D eigenvalue weighted by Gasteiger charge is -2.07. The van der Waals surface area contributed by atoms with Crippen molar-refractivity contribution in [3.05, 3.63) is 96.1 Å². The second kappa shape index (κ2) is 8.70. The van der Waals surface area contributed by atoms with Gasteiger partial charge in [-0.25, -0.2) is 0 Å². The second-order valence-electron chi connectivity index (χ2n) is 6.91. The first-order chi connectivity index (χ1) is 14.1. The lowest BCUT2D eigenvalue weighted by atomic mass is 10.1. The van der Waals surface area contributed by atoms with E-state index >= 15 is 0 Å². The van der Waals surface area contributed by atoms with E-state index in [1.54, 1.807) is 12.4 Å². The van der Waals surface area contributed by atoms with Crippen LogP contribution in [0.4, 0.5) is 11.4 Å². The first kappa shape index (κ1) is 18.9. The van der Waals surface area contributed by atoms with Gasteiger partial charge in [-0.05, 0) is 30.3 Å². The highest BCUT2D eigenvalue weighted by molar-refractivity contribution is 7.80. The summed E-state index contributed by atoms with van der Waals surface area (Å²) in [5.74, 6) is 0. The minimum Gasteiger partial charge on any atom is -0.330 e. The molecular formula is C22H22N6S. The van der Waals surface area contributed by atoms with E-state index < -0.39 is 0 Å². The fourth-order valence-electron chi connectivity index (χ4n) is 3.09. The lowest BCUT2D eigenvalue weighted by molar-refractivity contribution is 0.686. The summed E-state index contributed by atoms with van der Waals surface area (Å²) in [6.07, 6.45) is 7.40. The Morgan fingerprint density at radius 2 is 1.41 bits per heavy atom. The van der Waals surface area contributed by atoms with Crippen molar-refractivity contribution in [2.45, 2.75) is 20.0 Å². The van der Waals surface area contributed by atoms with Gasteiger partial charge in [0.1, 0.15) is 0 Å². The van der Waals surface area contributed by atoms with E-state index in [-0.39, 0.29) is 0 Å². The molecule has 0 fully saturated rings. The number of hydrogen-bond donors (Lipinski definition) is 2. The van der Waals surface area contributed by atoms with Crippen LogP contribution in [0.15, 0.2) is 79.4 Å². The molecule has 0 radical (unpaired) electrons. The minimum absolute atomic E-state index is 0.499. The fraction of sp³-hybridized carbons (Fsp3) is 0.136. The van der Waals surface area contributed by atoms with Crippen molar-refractivity contribution < 1.29 is 0 Å². The number of anilines is 2. The van der Waals surface area contributed by atoms with Crippen molar-refractivity contribution in [1.29, 1.82) is 0 Å². The maximum atomic E-state index is 5.42. The predicted octanol–water partition coefficient (Wildman–Crippen LogP) is 4.29. The Morgan fingerprint density at radius 3 is 2.03 bits per heavy atom. The van der Waals surface area contributed by atoms with Crippen LogP contribution in [-0.4, -0.2) is 24.7 Å². The van der Waals surface area contributed by atoms with Gasteiger partial charge in [-0.1, -0.05) is 60.2 Å². The van der Waals surface area contributed by atoms with Gasteiger partial charge in [-0.3, -0.25) is 9.36 Å². The fourth-order valence-corrected chi connectivity index (χ4v) is 3.33. The van der Waals surface area contributed by atoms with E-state index in [1.165, 1.54) is 16.7 Å². The van der Waals surface area contributed by atoms with Gasteiger partial charge in [-0.15, -0.1) is 0 Å². The van der Waals surface area contributed by atoms with Gasteiger partial charge in [0.05, 0.1) is 36.9 Å². The van der Waals surface area contributed by atoms with Crippen LogP contribution in [0.3, 0.4) is 0 Å². The second-order valence-corrected chi connectivity index (χ2v) is 7.32. The zero-order valence-electron chi connectivity index (χ0n) is 16.1. The maximum Gasteiger partial charge on any atom is 0.175 e. The molecule has 2 heterocycles. The van der Waals surface area contributed by atoms with E-state index in [0.717, 1.165) is 17.9 Å². The quantitative estimate of drug-likeness (QED) is 0.471. The zero-order chi connectivity index (χ0) is 20.1. The SMILES string of the molecule is Cc1cccc(Cn2cc(NC(=S)Nc3cnn(Cc4ccccc4)c3)cn2)c1. The molecule has 0 atom stereocenters. The number of nitrogens with zero attached hydrogens (tertiary/aromatic N) is 4. The van der Waals surface area contributed by atoms with Crippen molar-refractivity contribution in [3.8, 4) is 0 Å². The Hall–Kier alpha value is -3.45. The molecule has 0 aliphatic carbocycles. The molecule has 29 heavy (non-hydrogen) atoms. The number of benzene rings is 2. The summed E-state index contributed by atoms with van der Waals surface area (Å²) in [5, 5.41) is 15.6. The van der Waals surface area contributed by atoms with E-state index in [2.05, 4.69) is 64.2 Å². The molecule has 0 aliphatic rings. The molecule has 2 N–H and O–H groups in total. The molecule has 0 unspecified atom stereocenters. The highest BCUT2D eigenvalue weighted by atomic mass is 32.1. The average Bonchev–Trinajstić information content (AvgIpc) is 3.32. The van der Waals surface area contributed by atoms with E-state index in [0.29, 0.717) is 11.7 Å². The highest BCUT2D eigenvalue weighted by Gasteiger charge is 2.05. The monoisotopic (exact) mass is 402 g/mol. The maximum absolute atomic E-state index is 5.42. The highest BCUT2D eigenvalue weighted by Crippen LogP contribution is 2.12. The summed E-state index contributed by atoms with van der Waals surface area (Å²) >= 11 is 5.42. The molecule has 0 amide bonds. The van der Waals surface area contributed by atoms with Crippen molar-refractivity contribution in [2.24, 2.45) is 0 Å². The summed E-state index contributed by atoms with van der Waals surface area (Å²) in [4.78, 5) is 0. The van der Waals surface area contributed by atoms with Gasteiger partial charge in [0, 0.05) is 12.4 Å². The standard InChI is InChI=1S/C22H22N6S/c1-17-6-5-9-19(10-17)14-28-16-21(12-24-28)26-22(29)25-20-11-23-27(15-20)13-18-7-3-2-4-8-18/h2-12,15-16H,13-14H2,1H3,(H2,25,26,29). The van der Waals surface area contributed by atoms with Crippen LogP contribution in [0, 0.1) is 6.92 Å². The summed E-state index contributed by atoms with van der Waals surface area (Å²) < 4.78 is 3.76. The van der Waals surface area contributed by atoms with Gasteiger partial charge in [0.25, 0.3) is 0 Å². The summed E-state index contributed by atoms with van der Waals surface area (Å²) in [5.41, 5.74) is 5.33. The van der Waals surface area contributed by atoms with Crippen LogP contribution in [0.5, 0.6) is 0 Å². The first-order valence-corrected chi connectivity index (χ1v) is 9.77. The summed E-state index contributed by atoms with van der Waals surface area (Å²) in [6.45, 7) is 3.52. The van der Waals surface area contributed by atoms with Crippen LogP contribution in [0.25, 0.3) is 0 Å². The molecule has 0 aliphatic heterocycles. The van der Waals surface area contributed by atoms with Crippen molar-refractivity contribution in [2.75, 3.05) is 10.6 Å². The predicted molar refractivity (Wildman–Crippen MR) is 120 cm³/mol. The van der Waals surface area contributed by atoms with Crippen LogP contribution in [0.1, 0.15) is 16.7 Å². The lowest BCUT2D eigenvalue weighted by Crippen LogP contribution is -2.18. The smallest absolute Gasteiger partial charge is 0.175 e. The molecule has 0 saturated heterocycles. The normalized spacial score (nSPS) is 10.7. The van der Waals surface area contributed by atoms with Crippen LogP contribution >= 0.6 is 12.2 Å². The summed E-state index contributed by atoms with van der Waals surface area (Å²) in [7, 11) is 0. The molecule has 4 aromatic rings. The summed E-state index contributed by atoms with van der Waals surface area (Å²) in [6, 6.07) is 18.6. The van der Waals surface area contributed by atoms with E-state index in [9.17, 15) is 0 Å². The molecular weight excluding hydrogens is 380 g/mol. The Labute approximate surface area is 175 Å². The largest absolute Gasteiger partial charge is 0.330 e. The van der Waals surface area contributed by atoms with Gasteiger partial charge in [0.2, 0.25) is 0 Å². The number of nitrogens with one attached hydrogen (secondary N) is 2. The number of rotatable bonds is 6. The van der Waals surface area contributed by atoms with Crippen LogP contribution < -0.4 is 10.6 Å². The van der Waals surface area contributed by atoms with Crippen molar-refractivity contribution >= 4 is 28.7 Å². The Morgan fingerprint density at radius 1 is 0.828 bits per heavy atom. The van der Waals surface area contributed by atoms with Gasteiger partial charge in [0.15, 0.2) is 5.11 Å². The van der Waals surface area contributed by atoms with E-state index in [1.807, 2.05) is 40.0 Å². The van der Waals surface area contributed by atoms with E-state index in [4.69, 9.17) is 12.2 Å². The Bertz CT molecular complexity index is 1100. The molecule has 4 rings (SSSR count). The number of hydrogen-bond acceptors (Lipinski definition) is 3. The molecule has 0 bridgehead atoms. The number of thiocarbonyl (C=S) groups is 1. The van der Waals surface area contributed by atoms with Crippen molar-refractivity contribution in [1.82, 2.24) is 19.6 Å². The molecule has 2 aromatic carbocycles. The molecule has 0 spiro atoms.